The standard InChI is InChI=1S/C16H32N4O2S.HI/c1-16(2,3)22-15(21)19-13-8-10-20(12-13)14(17-4)18-9-6-7-11-23-5;/h13H,6-12H2,1-5H3,(H,17,18)(H,19,21);1H. The normalized spacial score (nSPS) is 18.1. The van der Waals surface area contributed by atoms with Gasteiger partial charge in [0.05, 0.1) is 6.04 Å². The van der Waals surface area contributed by atoms with Crippen LogP contribution < -0.4 is 10.6 Å². The number of guanidine groups is 1. The van der Waals surface area contributed by atoms with Gasteiger partial charge in [0.2, 0.25) is 0 Å². The van der Waals surface area contributed by atoms with Crippen LogP contribution in [0.4, 0.5) is 4.79 Å². The fourth-order valence-electron chi connectivity index (χ4n) is 2.45. The minimum absolute atomic E-state index is 0. The van der Waals surface area contributed by atoms with Crippen molar-refractivity contribution in [1.82, 2.24) is 15.5 Å². The smallest absolute Gasteiger partial charge is 0.407 e. The maximum atomic E-state index is 11.8. The van der Waals surface area contributed by atoms with Gasteiger partial charge in [-0.1, -0.05) is 0 Å². The number of carbonyl (C=O) groups is 1. The van der Waals surface area contributed by atoms with Crippen molar-refractivity contribution in [2.45, 2.75) is 51.7 Å². The second-order valence-electron chi connectivity index (χ2n) is 6.75. The first-order valence-electron chi connectivity index (χ1n) is 8.29. The maximum absolute atomic E-state index is 11.8. The van der Waals surface area contributed by atoms with Crippen LogP contribution >= 0.6 is 35.7 Å². The van der Waals surface area contributed by atoms with E-state index in [9.17, 15) is 4.79 Å². The highest BCUT2D eigenvalue weighted by molar-refractivity contribution is 14.0. The predicted octanol–water partition coefficient (Wildman–Crippen LogP) is 2.92. The molecule has 1 rings (SSSR count). The van der Waals surface area contributed by atoms with Crippen LogP contribution in [0, 0.1) is 0 Å². The Bertz CT molecular complexity index is 402. The van der Waals surface area contributed by atoms with Crippen molar-refractivity contribution in [3.63, 3.8) is 0 Å². The molecule has 0 aliphatic carbocycles. The zero-order chi connectivity index (χ0) is 17.3. The molecular weight excluding hydrogens is 439 g/mol. The van der Waals surface area contributed by atoms with E-state index in [0.29, 0.717) is 0 Å². The number of hydrogen-bond donors (Lipinski definition) is 2. The van der Waals surface area contributed by atoms with Crippen LogP contribution in [0.3, 0.4) is 0 Å². The number of aliphatic imine (C=N–C) groups is 1. The summed E-state index contributed by atoms with van der Waals surface area (Å²) in [5.74, 6) is 2.12. The molecule has 0 aromatic carbocycles. The van der Waals surface area contributed by atoms with Gasteiger partial charge >= 0.3 is 6.09 Å². The fraction of sp³-hybridized carbons (Fsp3) is 0.875. The average Bonchev–Trinajstić information content (AvgIpc) is 2.89. The summed E-state index contributed by atoms with van der Waals surface area (Å²) in [4.78, 5) is 18.4. The highest BCUT2D eigenvalue weighted by Gasteiger charge is 2.27. The molecule has 1 atom stereocenters. The Labute approximate surface area is 168 Å². The third-order valence-corrected chi connectivity index (χ3v) is 4.18. The summed E-state index contributed by atoms with van der Waals surface area (Å²) < 4.78 is 5.31. The van der Waals surface area contributed by atoms with Gasteiger partial charge in [0.1, 0.15) is 5.60 Å². The van der Waals surface area contributed by atoms with Gasteiger partial charge in [-0.05, 0) is 52.0 Å². The van der Waals surface area contributed by atoms with Gasteiger partial charge in [-0.15, -0.1) is 24.0 Å². The van der Waals surface area contributed by atoms with Gasteiger partial charge in [-0.25, -0.2) is 4.79 Å². The van der Waals surface area contributed by atoms with Crippen molar-refractivity contribution in [3.05, 3.63) is 0 Å². The Balaban J connectivity index is 0.00000529. The minimum Gasteiger partial charge on any atom is -0.444 e. The van der Waals surface area contributed by atoms with Crippen molar-refractivity contribution < 1.29 is 9.53 Å². The summed E-state index contributed by atoms with van der Waals surface area (Å²) >= 11 is 1.88. The van der Waals surface area contributed by atoms with Gasteiger partial charge < -0.3 is 20.3 Å². The van der Waals surface area contributed by atoms with Gasteiger partial charge in [0, 0.05) is 26.7 Å². The molecule has 2 N–H and O–H groups in total. The number of nitrogens with zero attached hydrogens (tertiary/aromatic N) is 2. The summed E-state index contributed by atoms with van der Waals surface area (Å²) in [6.07, 6.45) is 5.06. The number of rotatable bonds is 6. The number of carbonyl (C=O) groups excluding carboxylic acids is 1. The van der Waals surface area contributed by atoms with E-state index in [1.807, 2.05) is 32.5 Å². The molecule has 0 saturated carbocycles. The maximum Gasteiger partial charge on any atom is 0.407 e. The highest BCUT2D eigenvalue weighted by atomic mass is 127. The molecule has 1 heterocycles. The number of thioether (sulfide) groups is 1. The van der Waals surface area contributed by atoms with E-state index in [1.54, 1.807) is 7.05 Å². The number of unbranched alkanes of at least 4 members (excludes halogenated alkanes) is 1. The largest absolute Gasteiger partial charge is 0.444 e. The van der Waals surface area contributed by atoms with Gasteiger partial charge in [0.25, 0.3) is 0 Å². The molecule has 1 aliphatic rings. The molecule has 1 saturated heterocycles. The van der Waals surface area contributed by atoms with Crippen molar-refractivity contribution in [1.29, 1.82) is 0 Å². The van der Waals surface area contributed by atoms with E-state index < -0.39 is 5.60 Å². The van der Waals surface area contributed by atoms with Gasteiger partial charge in [-0.3, -0.25) is 4.99 Å². The second kappa shape index (κ2) is 12.1. The number of nitrogens with one attached hydrogen (secondary N) is 2. The number of amides is 1. The van der Waals surface area contributed by atoms with Crippen LogP contribution in [0.2, 0.25) is 0 Å². The molecule has 1 aliphatic heterocycles. The Kier molecular flexibility index (Phi) is 11.9. The number of halogens is 1. The van der Waals surface area contributed by atoms with Crippen LogP contribution in [0.25, 0.3) is 0 Å². The van der Waals surface area contributed by atoms with E-state index in [0.717, 1.165) is 38.4 Å². The molecule has 0 aromatic heterocycles. The summed E-state index contributed by atoms with van der Waals surface area (Å²) in [6.45, 7) is 8.21. The molecule has 1 amide bonds. The molecule has 0 aromatic rings. The zero-order valence-electron chi connectivity index (χ0n) is 15.6. The highest BCUT2D eigenvalue weighted by Crippen LogP contribution is 2.12. The monoisotopic (exact) mass is 472 g/mol. The second-order valence-corrected chi connectivity index (χ2v) is 7.74. The molecule has 0 bridgehead atoms. The first-order valence-corrected chi connectivity index (χ1v) is 9.69. The average molecular weight is 472 g/mol. The molecule has 0 spiro atoms. The van der Waals surface area contributed by atoms with Crippen LogP contribution in [-0.4, -0.2) is 67.3 Å². The lowest BCUT2D eigenvalue weighted by molar-refractivity contribution is 0.0507. The third-order valence-electron chi connectivity index (χ3n) is 3.48. The van der Waals surface area contributed by atoms with E-state index in [1.165, 1.54) is 12.2 Å². The van der Waals surface area contributed by atoms with Gasteiger partial charge in [0.15, 0.2) is 5.96 Å². The molecule has 142 valence electrons. The lowest BCUT2D eigenvalue weighted by Crippen LogP contribution is -2.44. The van der Waals surface area contributed by atoms with Crippen molar-refractivity contribution in [3.8, 4) is 0 Å². The summed E-state index contributed by atoms with van der Waals surface area (Å²) in [6, 6.07) is 0.111. The van der Waals surface area contributed by atoms with Crippen molar-refractivity contribution in [2.24, 2.45) is 4.99 Å². The molecule has 8 heteroatoms. The third kappa shape index (κ3) is 9.80. The Hall–Kier alpha value is -0.380. The first-order chi connectivity index (χ1) is 10.9. The van der Waals surface area contributed by atoms with Crippen LogP contribution in [0.5, 0.6) is 0 Å². The fourth-order valence-corrected chi connectivity index (χ4v) is 2.94. The Morgan fingerprint density at radius 2 is 2.08 bits per heavy atom. The van der Waals surface area contributed by atoms with E-state index in [2.05, 4.69) is 26.8 Å². The first kappa shape index (κ1) is 23.6. The quantitative estimate of drug-likeness (QED) is 0.269. The molecular formula is C16H33IN4O2S. The summed E-state index contributed by atoms with van der Waals surface area (Å²) in [5, 5.41) is 6.35. The van der Waals surface area contributed by atoms with Crippen molar-refractivity contribution in [2.75, 3.05) is 38.7 Å². The SMILES string of the molecule is CN=C(NCCCCSC)N1CCC(NC(=O)OC(C)(C)C)C1.I. The number of hydrogen-bond acceptors (Lipinski definition) is 4. The Morgan fingerprint density at radius 3 is 2.67 bits per heavy atom. The van der Waals surface area contributed by atoms with Crippen LogP contribution in [0.15, 0.2) is 4.99 Å². The van der Waals surface area contributed by atoms with Gasteiger partial charge in [-0.2, -0.15) is 11.8 Å². The topological polar surface area (TPSA) is 66.0 Å². The van der Waals surface area contributed by atoms with Crippen LogP contribution in [0.1, 0.15) is 40.0 Å². The number of ether oxygens (including phenoxy) is 1. The summed E-state index contributed by atoms with van der Waals surface area (Å²) in [7, 11) is 1.80. The number of likely N-dealkylation sites (tertiary alicyclic amines) is 1. The minimum atomic E-state index is -0.462. The van der Waals surface area contributed by atoms with Crippen molar-refractivity contribution >= 4 is 47.8 Å². The van der Waals surface area contributed by atoms with Crippen LogP contribution in [-0.2, 0) is 4.74 Å². The molecule has 6 nitrogen and oxygen atoms in total. The molecule has 0 radical (unpaired) electrons. The van der Waals surface area contributed by atoms with E-state index >= 15 is 0 Å². The number of alkyl carbamates (subject to hydrolysis) is 1. The molecule has 1 unspecified atom stereocenters. The lowest BCUT2D eigenvalue weighted by Gasteiger charge is -2.23. The van der Waals surface area contributed by atoms with E-state index in [-0.39, 0.29) is 36.1 Å². The lowest BCUT2D eigenvalue weighted by atomic mass is 10.2. The molecule has 1 fully saturated rings. The summed E-state index contributed by atoms with van der Waals surface area (Å²) in [5.41, 5.74) is -0.462. The van der Waals surface area contributed by atoms with E-state index in [4.69, 9.17) is 4.74 Å². The zero-order valence-corrected chi connectivity index (χ0v) is 18.7. The predicted molar refractivity (Wildman–Crippen MR) is 114 cm³/mol. The molecule has 24 heavy (non-hydrogen) atoms. The Morgan fingerprint density at radius 1 is 1.38 bits per heavy atom.